The zero-order chi connectivity index (χ0) is 20.2. The molecule has 0 unspecified atom stereocenters. The zero-order valence-corrected chi connectivity index (χ0v) is 16.3. The Bertz CT molecular complexity index is 1050. The van der Waals surface area contributed by atoms with Crippen LogP contribution in [-0.2, 0) is 0 Å². The van der Waals surface area contributed by atoms with Gasteiger partial charge in [-0.15, -0.1) is 6.58 Å². The lowest BCUT2D eigenvalue weighted by Crippen LogP contribution is -2.32. The first-order valence-electron chi connectivity index (χ1n) is 9.07. The Morgan fingerprint density at radius 3 is 2.90 bits per heavy atom. The second-order valence-corrected chi connectivity index (χ2v) is 6.85. The van der Waals surface area contributed by atoms with Gasteiger partial charge in [-0.3, -0.25) is 0 Å². The van der Waals surface area contributed by atoms with E-state index < -0.39 is 5.82 Å². The molecule has 8 heteroatoms. The van der Waals surface area contributed by atoms with Crippen LogP contribution in [0, 0.1) is 5.82 Å². The van der Waals surface area contributed by atoms with Gasteiger partial charge in [0.1, 0.15) is 12.4 Å². The van der Waals surface area contributed by atoms with Crippen LogP contribution >= 0.6 is 11.6 Å². The molecule has 1 aliphatic rings. The van der Waals surface area contributed by atoms with Gasteiger partial charge in [0.05, 0.1) is 18.4 Å². The van der Waals surface area contributed by atoms with Gasteiger partial charge in [-0.05, 0) is 36.4 Å². The number of nitrogens with zero attached hydrogens (tertiary/aromatic N) is 3. The molecule has 0 aliphatic carbocycles. The molecular formula is C21H19ClFN5O. The Morgan fingerprint density at radius 1 is 1.21 bits per heavy atom. The van der Waals surface area contributed by atoms with Gasteiger partial charge in [0, 0.05) is 22.9 Å². The van der Waals surface area contributed by atoms with E-state index in [-0.39, 0.29) is 11.8 Å². The van der Waals surface area contributed by atoms with Crippen LogP contribution in [0.1, 0.15) is 0 Å². The molecule has 1 aliphatic heterocycles. The summed E-state index contributed by atoms with van der Waals surface area (Å²) in [6.45, 7) is 5.94. The third-order valence-electron chi connectivity index (χ3n) is 4.36. The highest BCUT2D eigenvalue weighted by Gasteiger charge is 2.18. The minimum absolute atomic E-state index is 0.0549. The normalized spacial score (nSPS) is 12.7. The number of fused-ring (bicyclic) bond motifs is 1. The van der Waals surface area contributed by atoms with E-state index in [4.69, 9.17) is 16.3 Å². The Labute approximate surface area is 173 Å². The van der Waals surface area contributed by atoms with Crippen LogP contribution in [0.25, 0.3) is 0 Å². The van der Waals surface area contributed by atoms with E-state index in [9.17, 15) is 4.39 Å². The van der Waals surface area contributed by atoms with Gasteiger partial charge in [0.15, 0.2) is 11.6 Å². The zero-order valence-electron chi connectivity index (χ0n) is 15.5. The van der Waals surface area contributed by atoms with Crippen molar-refractivity contribution >= 4 is 40.4 Å². The maximum atomic E-state index is 14.2. The molecule has 3 aromatic rings. The topological polar surface area (TPSA) is 62.3 Å². The number of aromatic nitrogens is 2. The van der Waals surface area contributed by atoms with Gasteiger partial charge in [-0.1, -0.05) is 23.7 Å². The van der Waals surface area contributed by atoms with Gasteiger partial charge in [-0.25, -0.2) is 9.37 Å². The summed E-state index contributed by atoms with van der Waals surface area (Å²) in [7, 11) is 0. The summed E-state index contributed by atoms with van der Waals surface area (Å²) >= 11 is 5.98. The Kier molecular flexibility index (Phi) is 5.48. The molecule has 0 saturated carbocycles. The molecule has 6 nitrogen and oxygen atoms in total. The molecule has 2 N–H and O–H groups in total. The monoisotopic (exact) mass is 411 g/mol. The Balaban J connectivity index is 1.57. The quantitative estimate of drug-likeness (QED) is 0.547. The van der Waals surface area contributed by atoms with Crippen molar-refractivity contribution in [2.24, 2.45) is 0 Å². The van der Waals surface area contributed by atoms with Crippen LogP contribution in [0.3, 0.4) is 0 Å². The third kappa shape index (κ3) is 4.41. The fourth-order valence-corrected chi connectivity index (χ4v) is 3.23. The van der Waals surface area contributed by atoms with Crippen molar-refractivity contribution in [2.45, 2.75) is 0 Å². The SMILES string of the molecule is C=CCN1CCOc2ccc(Nc3ncc(F)c(Nc4cccc(Cl)c4)n3)cc21. The van der Waals surface area contributed by atoms with Crippen LogP contribution in [0.4, 0.5) is 33.2 Å². The lowest BCUT2D eigenvalue weighted by molar-refractivity contribution is 0.309. The fourth-order valence-electron chi connectivity index (χ4n) is 3.04. The minimum Gasteiger partial charge on any atom is -0.490 e. The Morgan fingerprint density at radius 2 is 2.07 bits per heavy atom. The average molecular weight is 412 g/mol. The largest absolute Gasteiger partial charge is 0.490 e. The van der Waals surface area contributed by atoms with Crippen molar-refractivity contribution in [2.75, 3.05) is 35.2 Å². The first-order valence-corrected chi connectivity index (χ1v) is 9.45. The molecule has 148 valence electrons. The number of hydrogen-bond donors (Lipinski definition) is 2. The predicted molar refractivity (Wildman–Crippen MR) is 114 cm³/mol. The molecule has 0 radical (unpaired) electrons. The summed E-state index contributed by atoms with van der Waals surface area (Å²) in [5, 5.41) is 6.59. The molecule has 0 spiro atoms. The second-order valence-electron chi connectivity index (χ2n) is 6.42. The summed E-state index contributed by atoms with van der Waals surface area (Å²) in [6.07, 6.45) is 2.97. The highest BCUT2D eigenvalue weighted by atomic mass is 35.5. The highest BCUT2D eigenvalue weighted by molar-refractivity contribution is 6.30. The van der Waals surface area contributed by atoms with Crippen molar-refractivity contribution < 1.29 is 9.13 Å². The molecule has 1 aromatic heterocycles. The van der Waals surface area contributed by atoms with E-state index in [0.717, 1.165) is 36.4 Å². The van der Waals surface area contributed by atoms with Crippen LogP contribution in [0.15, 0.2) is 61.3 Å². The summed E-state index contributed by atoms with van der Waals surface area (Å²) in [5.74, 6) is 0.570. The van der Waals surface area contributed by atoms with Gasteiger partial charge in [0.2, 0.25) is 5.95 Å². The van der Waals surface area contributed by atoms with Crippen molar-refractivity contribution in [1.82, 2.24) is 9.97 Å². The molecule has 4 rings (SSSR count). The van der Waals surface area contributed by atoms with Gasteiger partial charge in [0.25, 0.3) is 0 Å². The van der Waals surface area contributed by atoms with Crippen molar-refractivity contribution in [3.8, 4) is 5.75 Å². The molecule has 0 bridgehead atoms. The molecule has 0 atom stereocenters. The van der Waals surface area contributed by atoms with Gasteiger partial charge in [-0.2, -0.15) is 4.98 Å². The number of hydrogen-bond acceptors (Lipinski definition) is 6. The number of anilines is 5. The van der Waals surface area contributed by atoms with Crippen molar-refractivity contribution in [1.29, 1.82) is 0 Å². The van der Waals surface area contributed by atoms with Crippen LogP contribution < -0.4 is 20.3 Å². The van der Waals surface area contributed by atoms with Crippen LogP contribution in [-0.4, -0.2) is 29.7 Å². The van der Waals surface area contributed by atoms with Crippen LogP contribution in [0.5, 0.6) is 5.75 Å². The standard InChI is InChI=1S/C21H19ClFN5O/c1-2-8-28-9-10-29-19-7-6-16(12-18(19)28)26-21-24-13-17(23)20(27-21)25-15-5-3-4-14(22)11-15/h2-7,11-13H,1,8-10H2,(H2,24,25,26,27). The molecule has 29 heavy (non-hydrogen) atoms. The number of benzene rings is 2. The lowest BCUT2D eigenvalue weighted by atomic mass is 10.2. The molecule has 2 aromatic carbocycles. The number of rotatable bonds is 6. The lowest BCUT2D eigenvalue weighted by Gasteiger charge is -2.30. The molecule has 0 saturated heterocycles. The van der Waals surface area contributed by atoms with E-state index in [0.29, 0.717) is 17.3 Å². The third-order valence-corrected chi connectivity index (χ3v) is 4.59. The van der Waals surface area contributed by atoms with E-state index in [1.165, 1.54) is 0 Å². The first kappa shape index (κ1) is 19.0. The van der Waals surface area contributed by atoms with E-state index in [1.54, 1.807) is 24.3 Å². The fraction of sp³-hybridized carbons (Fsp3) is 0.143. The van der Waals surface area contributed by atoms with Crippen molar-refractivity contribution in [3.63, 3.8) is 0 Å². The first-order chi connectivity index (χ1) is 14.1. The minimum atomic E-state index is -0.563. The summed E-state index contributed by atoms with van der Waals surface area (Å²) in [5.41, 5.74) is 2.36. The van der Waals surface area contributed by atoms with Crippen LogP contribution in [0.2, 0.25) is 5.02 Å². The number of ether oxygens (including phenoxy) is 1. The average Bonchev–Trinajstić information content (AvgIpc) is 2.71. The van der Waals surface area contributed by atoms with E-state index in [1.807, 2.05) is 24.3 Å². The molecule has 0 amide bonds. The second kappa shape index (κ2) is 8.36. The summed E-state index contributed by atoms with van der Waals surface area (Å²) < 4.78 is 19.9. The molecular weight excluding hydrogens is 393 g/mol. The van der Waals surface area contributed by atoms with E-state index >= 15 is 0 Å². The highest BCUT2D eigenvalue weighted by Crippen LogP contribution is 2.34. The number of halogens is 2. The molecule has 2 heterocycles. The Hall–Kier alpha value is -3.32. The molecule has 0 fully saturated rings. The van der Waals surface area contributed by atoms with E-state index in [2.05, 4.69) is 32.1 Å². The summed E-state index contributed by atoms with van der Waals surface area (Å²) in [4.78, 5) is 10.5. The van der Waals surface area contributed by atoms with Gasteiger partial charge < -0.3 is 20.3 Å². The maximum absolute atomic E-state index is 14.2. The summed E-state index contributed by atoms with van der Waals surface area (Å²) in [6, 6.07) is 12.7. The maximum Gasteiger partial charge on any atom is 0.229 e. The van der Waals surface area contributed by atoms with Gasteiger partial charge >= 0.3 is 0 Å². The number of nitrogens with one attached hydrogen (secondary N) is 2. The van der Waals surface area contributed by atoms with Crippen molar-refractivity contribution in [3.05, 3.63) is 72.2 Å². The smallest absolute Gasteiger partial charge is 0.229 e. The predicted octanol–water partition coefficient (Wildman–Crippen LogP) is 5.14.